The number of hydrogen-bond donors (Lipinski definition) is 1. The molecule has 0 saturated heterocycles. The van der Waals surface area contributed by atoms with Crippen molar-refractivity contribution in [3.8, 4) is 0 Å². The van der Waals surface area contributed by atoms with Gasteiger partial charge in [-0.2, -0.15) is 0 Å². The Bertz CT molecular complexity index is 435. The average Bonchev–Trinajstić information content (AvgIpc) is 2.33. The Hall–Kier alpha value is -0.840. The van der Waals surface area contributed by atoms with Gasteiger partial charge in [0.1, 0.15) is 4.99 Å². The molecule has 19 heavy (non-hydrogen) atoms. The molecule has 3 nitrogen and oxygen atoms in total. The predicted octanol–water partition coefficient (Wildman–Crippen LogP) is 2.75. The van der Waals surface area contributed by atoms with Gasteiger partial charge in [-0.1, -0.05) is 23.8 Å². The molecule has 0 aliphatic rings. The first-order valence-electron chi connectivity index (χ1n) is 6.44. The third kappa shape index (κ3) is 4.97. The highest BCUT2D eigenvalue weighted by Crippen LogP contribution is 2.24. The van der Waals surface area contributed by atoms with E-state index in [0.29, 0.717) is 10.0 Å². The van der Waals surface area contributed by atoms with Crippen LogP contribution in [0.5, 0.6) is 0 Å². The Morgan fingerprint density at radius 3 is 2.47 bits per heavy atom. The maximum Gasteiger partial charge on any atom is 0.105 e. The Morgan fingerprint density at radius 2 is 2.00 bits per heavy atom. The monoisotopic (exact) mass is 299 g/mol. The summed E-state index contributed by atoms with van der Waals surface area (Å²) < 4.78 is 0. The van der Waals surface area contributed by atoms with Crippen molar-refractivity contribution < 1.29 is 0 Å². The standard InChI is InChI=1S/C14H22ClN3S/c1-4-18(9-5-8-17(2)3)11-6-7-12(14(16)19)13(15)10-11/h6-7,10H,4-5,8-9H2,1-3H3,(H2,16,19). The minimum atomic E-state index is 0.340. The fraction of sp³-hybridized carbons (Fsp3) is 0.500. The second-order valence-electron chi connectivity index (χ2n) is 4.76. The molecule has 0 atom stereocenters. The van der Waals surface area contributed by atoms with Crippen LogP contribution < -0.4 is 10.6 Å². The van der Waals surface area contributed by atoms with Gasteiger partial charge in [-0.3, -0.25) is 0 Å². The van der Waals surface area contributed by atoms with Gasteiger partial charge in [-0.05, 0) is 52.2 Å². The van der Waals surface area contributed by atoms with E-state index in [1.807, 2.05) is 18.2 Å². The molecular weight excluding hydrogens is 278 g/mol. The first-order chi connectivity index (χ1) is 8.95. The molecule has 1 aromatic rings. The van der Waals surface area contributed by atoms with Crippen LogP contribution >= 0.6 is 23.8 Å². The number of hydrogen-bond acceptors (Lipinski definition) is 3. The zero-order valence-electron chi connectivity index (χ0n) is 11.8. The highest BCUT2D eigenvalue weighted by molar-refractivity contribution is 7.80. The minimum absolute atomic E-state index is 0.340. The molecule has 0 amide bonds. The highest BCUT2D eigenvalue weighted by atomic mass is 35.5. The van der Waals surface area contributed by atoms with Crippen LogP contribution in [0, 0.1) is 0 Å². The van der Waals surface area contributed by atoms with Crippen molar-refractivity contribution in [3.05, 3.63) is 28.8 Å². The Kier molecular flexibility index (Phi) is 6.55. The molecule has 2 N–H and O–H groups in total. The molecule has 0 radical (unpaired) electrons. The van der Waals surface area contributed by atoms with Crippen molar-refractivity contribution in [3.63, 3.8) is 0 Å². The van der Waals surface area contributed by atoms with Crippen LogP contribution in [0.4, 0.5) is 5.69 Å². The summed E-state index contributed by atoms with van der Waals surface area (Å²) in [6, 6.07) is 5.86. The van der Waals surface area contributed by atoms with E-state index in [0.717, 1.165) is 37.3 Å². The van der Waals surface area contributed by atoms with Crippen molar-refractivity contribution in [1.29, 1.82) is 0 Å². The van der Waals surface area contributed by atoms with Gasteiger partial charge in [0.05, 0.1) is 5.02 Å². The molecule has 0 aromatic heterocycles. The third-order valence-corrected chi connectivity index (χ3v) is 3.53. The van der Waals surface area contributed by atoms with Crippen LogP contribution in [0.15, 0.2) is 18.2 Å². The van der Waals surface area contributed by atoms with Crippen molar-refractivity contribution in [1.82, 2.24) is 4.90 Å². The maximum absolute atomic E-state index is 6.21. The first kappa shape index (κ1) is 16.2. The molecule has 0 heterocycles. The summed E-state index contributed by atoms with van der Waals surface area (Å²) in [6.45, 7) is 5.19. The van der Waals surface area contributed by atoms with E-state index in [9.17, 15) is 0 Å². The fourth-order valence-electron chi connectivity index (χ4n) is 1.95. The summed E-state index contributed by atoms with van der Waals surface area (Å²) in [6.07, 6.45) is 1.12. The van der Waals surface area contributed by atoms with Gasteiger partial charge in [-0.15, -0.1) is 0 Å². The summed E-state index contributed by atoms with van der Waals surface area (Å²) >= 11 is 11.2. The molecule has 5 heteroatoms. The number of nitrogens with two attached hydrogens (primary N) is 1. The quantitative estimate of drug-likeness (QED) is 0.785. The maximum atomic E-state index is 6.21. The van der Waals surface area contributed by atoms with Crippen molar-refractivity contribution in [2.45, 2.75) is 13.3 Å². The Balaban J connectivity index is 2.76. The van der Waals surface area contributed by atoms with Gasteiger partial charge in [0.2, 0.25) is 0 Å². The number of nitrogens with zero attached hydrogens (tertiary/aromatic N) is 2. The van der Waals surface area contributed by atoms with Gasteiger partial charge >= 0.3 is 0 Å². The molecule has 0 spiro atoms. The van der Waals surface area contributed by atoms with Gasteiger partial charge in [0.25, 0.3) is 0 Å². The molecule has 0 fully saturated rings. The average molecular weight is 300 g/mol. The number of rotatable bonds is 7. The van der Waals surface area contributed by atoms with Crippen LogP contribution in [0.1, 0.15) is 18.9 Å². The Labute approximate surface area is 126 Å². The topological polar surface area (TPSA) is 32.5 Å². The lowest BCUT2D eigenvalue weighted by Crippen LogP contribution is -2.27. The highest BCUT2D eigenvalue weighted by Gasteiger charge is 2.09. The number of benzene rings is 1. The van der Waals surface area contributed by atoms with Crippen LogP contribution in [-0.2, 0) is 0 Å². The van der Waals surface area contributed by atoms with Gasteiger partial charge < -0.3 is 15.5 Å². The lowest BCUT2D eigenvalue weighted by atomic mass is 10.2. The van der Waals surface area contributed by atoms with E-state index >= 15 is 0 Å². The second kappa shape index (κ2) is 7.68. The normalized spacial score (nSPS) is 10.8. The summed E-state index contributed by atoms with van der Waals surface area (Å²) in [5.74, 6) is 0. The molecule has 1 rings (SSSR count). The molecule has 0 saturated carbocycles. The summed E-state index contributed by atoms with van der Waals surface area (Å²) in [7, 11) is 4.17. The van der Waals surface area contributed by atoms with E-state index in [4.69, 9.17) is 29.6 Å². The molecular formula is C14H22ClN3S. The second-order valence-corrected chi connectivity index (χ2v) is 5.61. The lowest BCUT2D eigenvalue weighted by Gasteiger charge is -2.24. The van der Waals surface area contributed by atoms with E-state index in [2.05, 4.69) is 30.8 Å². The number of anilines is 1. The van der Waals surface area contributed by atoms with Gasteiger partial charge in [-0.25, -0.2) is 0 Å². The summed E-state index contributed by atoms with van der Waals surface area (Å²) in [5, 5.41) is 0.621. The zero-order valence-corrected chi connectivity index (χ0v) is 13.4. The summed E-state index contributed by atoms with van der Waals surface area (Å²) in [5.41, 5.74) is 7.47. The predicted molar refractivity (Wildman–Crippen MR) is 88.4 cm³/mol. The van der Waals surface area contributed by atoms with Gasteiger partial charge in [0, 0.05) is 24.3 Å². The van der Waals surface area contributed by atoms with E-state index in [-0.39, 0.29) is 0 Å². The van der Waals surface area contributed by atoms with Crippen LogP contribution in [0.25, 0.3) is 0 Å². The van der Waals surface area contributed by atoms with Crippen LogP contribution in [0.3, 0.4) is 0 Å². The van der Waals surface area contributed by atoms with Crippen molar-refractivity contribution >= 4 is 34.5 Å². The van der Waals surface area contributed by atoms with Crippen LogP contribution in [0.2, 0.25) is 5.02 Å². The van der Waals surface area contributed by atoms with Crippen molar-refractivity contribution in [2.24, 2.45) is 5.73 Å². The molecule has 0 aliphatic heterocycles. The van der Waals surface area contributed by atoms with Crippen LogP contribution in [-0.4, -0.2) is 43.6 Å². The fourth-order valence-corrected chi connectivity index (χ4v) is 2.46. The smallest absolute Gasteiger partial charge is 0.105 e. The molecule has 0 aliphatic carbocycles. The molecule has 0 bridgehead atoms. The van der Waals surface area contributed by atoms with E-state index in [1.165, 1.54) is 0 Å². The van der Waals surface area contributed by atoms with Crippen molar-refractivity contribution in [2.75, 3.05) is 38.6 Å². The zero-order chi connectivity index (χ0) is 14.4. The molecule has 1 aromatic carbocycles. The van der Waals surface area contributed by atoms with E-state index in [1.54, 1.807) is 0 Å². The minimum Gasteiger partial charge on any atom is -0.389 e. The first-order valence-corrected chi connectivity index (χ1v) is 7.23. The molecule has 106 valence electrons. The SMILES string of the molecule is CCN(CCCN(C)C)c1ccc(C(N)=S)c(Cl)c1. The Morgan fingerprint density at radius 1 is 1.32 bits per heavy atom. The van der Waals surface area contributed by atoms with Gasteiger partial charge in [0.15, 0.2) is 0 Å². The lowest BCUT2D eigenvalue weighted by molar-refractivity contribution is 0.400. The summed E-state index contributed by atoms with van der Waals surface area (Å²) in [4.78, 5) is 4.84. The van der Waals surface area contributed by atoms with E-state index < -0.39 is 0 Å². The number of thiocarbonyl (C=S) groups is 1. The third-order valence-electron chi connectivity index (χ3n) is 3.00. The number of halogens is 1. The molecule has 0 unspecified atom stereocenters. The largest absolute Gasteiger partial charge is 0.389 e.